The van der Waals surface area contributed by atoms with E-state index in [2.05, 4.69) is 24.5 Å². The lowest BCUT2D eigenvalue weighted by Gasteiger charge is -2.35. The van der Waals surface area contributed by atoms with Crippen molar-refractivity contribution in [1.82, 2.24) is 10.6 Å². The van der Waals surface area contributed by atoms with E-state index in [-0.39, 0.29) is 6.03 Å². The molecule has 0 bridgehead atoms. The zero-order valence-electron chi connectivity index (χ0n) is 10.5. The Kier molecular flexibility index (Phi) is 3.72. The van der Waals surface area contributed by atoms with Crippen LogP contribution in [0, 0.1) is 11.8 Å². The fourth-order valence-electron chi connectivity index (χ4n) is 2.73. The molecule has 2 aliphatic carbocycles. The number of hydrogen-bond acceptors (Lipinski definition) is 1. The number of amides is 2. The van der Waals surface area contributed by atoms with Crippen LogP contribution in [0.4, 0.5) is 4.79 Å². The van der Waals surface area contributed by atoms with Crippen LogP contribution in [-0.4, -0.2) is 18.1 Å². The van der Waals surface area contributed by atoms with Crippen LogP contribution in [0.3, 0.4) is 0 Å². The number of urea groups is 1. The van der Waals surface area contributed by atoms with Crippen molar-refractivity contribution in [2.45, 2.75) is 64.5 Å². The Labute approximate surface area is 98.4 Å². The summed E-state index contributed by atoms with van der Waals surface area (Å²) in [6.45, 7) is 4.56. The third kappa shape index (κ3) is 2.69. The largest absolute Gasteiger partial charge is 0.335 e. The predicted molar refractivity (Wildman–Crippen MR) is 65.3 cm³/mol. The van der Waals surface area contributed by atoms with Crippen LogP contribution in [0.15, 0.2) is 0 Å². The minimum atomic E-state index is 0.0515. The van der Waals surface area contributed by atoms with Gasteiger partial charge < -0.3 is 10.6 Å². The van der Waals surface area contributed by atoms with Crippen LogP contribution < -0.4 is 10.6 Å². The van der Waals surface area contributed by atoms with E-state index < -0.39 is 0 Å². The first-order chi connectivity index (χ1) is 7.66. The van der Waals surface area contributed by atoms with Crippen molar-refractivity contribution >= 4 is 6.03 Å². The number of rotatable bonds is 2. The summed E-state index contributed by atoms with van der Waals surface area (Å²) in [5.74, 6) is 1.35. The molecule has 2 amide bonds. The number of carbonyl (C=O) groups is 1. The summed E-state index contributed by atoms with van der Waals surface area (Å²) in [5.41, 5.74) is 0. The molecule has 0 aromatic heterocycles. The van der Waals surface area contributed by atoms with Crippen LogP contribution in [0.1, 0.15) is 52.4 Å². The van der Waals surface area contributed by atoms with Crippen molar-refractivity contribution in [2.24, 2.45) is 11.8 Å². The molecule has 2 N–H and O–H groups in total. The maximum atomic E-state index is 11.7. The van der Waals surface area contributed by atoms with Gasteiger partial charge in [-0.3, -0.25) is 0 Å². The second-order valence-corrected chi connectivity index (χ2v) is 5.62. The Balaban J connectivity index is 1.76. The van der Waals surface area contributed by atoms with E-state index >= 15 is 0 Å². The van der Waals surface area contributed by atoms with Crippen LogP contribution >= 0.6 is 0 Å². The van der Waals surface area contributed by atoms with Crippen LogP contribution in [0.5, 0.6) is 0 Å². The predicted octanol–water partition coefficient (Wildman–Crippen LogP) is 2.66. The molecule has 92 valence electrons. The Morgan fingerprint density at radius 1 is 1.00 bits per heavy atom. The van der Waals surface area contributed by atoms with Crippen LogP contribution in [0.25, 0.3) is 0 Å². The van der Waals surface area contributed by atoms with Gasteiger partial charge in [-0.25, -0.2) is 4.79 Å². The maximum Gasteiger partial charge on any atom is 0.315 e. The molecule has 0 radical (unpaired) electrons. The van der Waals surface area contributed by atoms with Gasteiger partial charge in [-0.2, -0.15) is 0 Å². The van der Waals surface area contributed by atoms with Gasteiger partial charge in [0.1, 0.15) is 0 Å². The molecule has 0 saturated heterocycles. The van der Waals surface area contributed by atoms with Gasteiger partial charge in [0.05, 0.1) is 0 Å². The normalized spacial score (nSPS) is 35.2. The van der Waals surface area contributed by atoms with Gasteiger partial charge in [-0.15, -0.1) is 0 Å². The highest BCUT2D eigenvalue weighted by Gasteiger charge is 2.29. The first-order valence-corrected chi connectivity index (χ1v) is 6.74. The first-order valence-electron chi connectivity index (χ1n) is 6.74. The zero-order chi connectivity index (χ0) is 11.5. The molecule has 0 aromatic rings. The summed E-state index contributed by atoms with van der Waals surface area (Å²) in [6.07, 6.45) is 7.28. The molecule has 0 aliphatic heterocycles. The van der Waals surface area contributed by atoms with Crippen LogP contribution in [0.2, 0.25) is 0 Å². The molecule has 2 fully saturated rings. The summed E-state index contributed by atoms with van der Waals surface area (Å²) >= 11 is 0. The summed E-state index contributed by atoms with van der Waals surface area (Å²) in [5, 5.41) is 6.20. The quantitative estimate of drug-likeness (QED) is 0.744. The zero-order valence-corrected chi connectivity index (χ0v) is 10.5. The van der Waals surface area contributed by atoms with Gasteiger partial charge in [-0.05, 0) is 37.5 Å². The molecule has 2 aliphatic rings. The molecule has 0 aromatic carbocycles. The van der Waals surface area contributed by atoms with E-state index in [0.29, 0.717) is 18.0 Å². The fraction of sp³-hybridized carbons (Fsp3) is 0.923. The highest BCUT2D eigenvalue weighted by molar-refractivity contribution is 5.74. The molecule has 2 saturated carbocycles. The van der Waals surface area contributed by atoms with E-state index in [1.807, 2.05) is 0 Å². The molecule has 3 atom stereocenters. The van der Waals surface area contributed by atoms with Gasteiger partial charge in [0, 0.05) is 12.1 Å². The highest BCUT2D eigenvalue weighted by atomic mass is 16.2. The Bertz CT molecular complexity index is 250. The summed E-state index contributed by atoms with van der Waals surface area (Å²) in [7, 11) is 0. The maximum absolute atomic E-state index is 11.7. The van der Waals surface area contributed by atoms with Crippen LogP contribution in [-0.2, 0) is 0 Å². The monoisotopic (exact) mass is 224 g/mol. The standard InChI is InChI=1S/C13H24N2O/c1-9-5-3-8-12(10(9)2)15-13(16)14-11-6-4-7-11/h9-12H,3-8H2,1-2H3,(H2,14,15,16). The van der Waals surface area contributed by atoms with Gasteiger partial charge >= 0.3 is 6.03 Å². The van der Waals surface area contributed by atoms with E-state index in [4.69, 9.17) is 0 Å². The minimum Gasteiger partial charge on any atom is -0.335 e. The van der Waals surface area contributed by atoms with Crippen molar-refractivity contribution in [2.75, 3.05) is 0 Å². The average molecular weight is 224 g/mol. The SMILES string of the molecule is CC1CCCC(NC(=O)NC2CCC2)C1C. The highest BCUT2D eigenvalue weighted by Crippen LogP contribution is 2.29. The number of hydrogen-bond donors (Lipinski definition) is 2. The molecule has 3 unspecified atom stereocenters. The molecular formula is C13H24N2O. The van der Waals surface area contributed by atoms with Crippen molar-refractivity contribution < 1.29 is 4.79 Å². The topological polar surface area (TPSA) is 41.1 Å². The van der Waals surface area contributed by atoms with Gasteiger partial charge in [0.15, 0.2) is 0 Å². The number of nitrogens with one attached hydrogen (secondary N) is 2. The van der Waals surface area contributed by atoms with E-state index in [1.165, 1.54) is 19.3 Å². The third-order valence-electron chi connectivity index (χ3n) is 4.46. The second-order valence-electron chi connectivity index (χ2n) is 5.62. The van der Waals surface area contributed by atoms with Gasteiger partial charge in [0.2, 0.25) is 0 Å². The summed E-state index contributed by atoms with van der Waals surface area (Å²) < 4.78 is 0. The van der Waals surface area contributed by atoms with E-state index in [9.17, 15) is 4.79 Å². The Hall–Kier alpha value is -0.730. The second kappa shape index (κ2) is 5.07. The van der Waals surface area contributed by atoms with Crippen molar-refractivity contribution in [1.29, 1.82) is 0 Å². The fourth-order valence-corrected chi connectivity index (χ4v) is 2.73. The Morgan fingerprint density at radius 3 is 2.31 bits per heavy atom. The third-order valence-corrected chi connectivity index (χ3v) is 4.46. The number of carbonyl (C=O) groups excluding carboxylic acids is 1. The lowest BCUT2D eigenvalue weighted by atomic mass is 9.78. The van der Waals surface area contributed by atoms with Gasteiger partial charge in [-0.1, -0.05) is 26.7 Å². The molecule has 2 rings (SSSR count). The average Bonchev–Trinajstić information content (AvgIpc) is 2.19. The molecule has 0 heterocycles. The van der Waals surface area contributed by atoms with E-state index in [0.717, 1.165) is 25.2 Å². The molecule has 3 heteroatoms. The van der Waals surface area contributed by atoms with Crippen molar-refractivity contribution in [3.63, 3.8) is 0 Å². The Morgan fingerprint density at radius 2 is 1.69 bits per heavy atom. The van der Waals surface area contributed by atoms with Crippen molar-refractivity contribution in [3.05, 3.63) is 0 Å². The molecular weight excluding hydrogens is 200 g/mol. The molecule has 16 heavy (non-hydrogen) atoms. The first kappa shape index (κ1) is 11.7. The van der Waals surface area contributed by atoms with E-state index in [1.54, 1.807) is 0 Å². The lowest BCUT2D eigenvalue weighted by molar-refractivity contribution is 0.189. The molecule has 0 spiro atoms. The smallest absolute Gasteiger partial charge is 0.315 e. The minimum absolute atomic E-state index is 0.0515. The lowest BCUT2D eigenvalue weighted by Crippen LogP contribution is -2.51. The van der Waals surface area contributed by atoms with Crippen molar-refractivity contribution in [3.8, 4) is 0 Å². The summed E-state index contributed by atoms with van der Waals surface area (Å²) in [4.78, 5) is 11.7. The van der Waals surface area contributed by atoms with Gasteiger partial charge in [0.25, 0.3) is 0 Å². The summed E-state index contributed by atoms with van der Waals surface area (Å²) in [6, 6.07) is 0.871. The molecule has 3 nitrogen and oxygen atoms in total.